The van der Waals surface area contributed by atoms with E-state index in [1.807, 2.05) is 0 Å². The fourth-order valence-electron chi connectivity index (χ4n) is 1.67. The smallest absolute Gasteiger partial charge is 0.344 e. The maximum atomic E-state index is 11.7. The fraction of sp³-hybridized carbons (Fsp3) is 0.143. The van der Waals surface area contributed by atoms with Crippen molar-refractivity contribution in [1.82, 2.24) is 10.6 Å². The van der Waals surface area contributed by atoms with Crippen LogP contribution in [0, 0.1) is 0 Å². The van der Waals surface area contributed by atoms with Crippen LogP contribution in [0.2, 0.25) is 0 Å². The van der Waals surface area contributed by atoms with Crippen molar-refractivity contribution in [2.75, 3.05) is 0 Å². The SMILES string of the molecule is CC(Oc1ccc(C=C2C(=O)NC(=S)NC2=O)cc1)C(=O)O. The van der Waals surface area contributed by atoms with E-state index in [1.165, 1.54) is 13.0 Å². The molecule has 1 saturated heterocycles. The van der Waals surface area contributed by atoms with Gasteiger partial charge in [-0.3, -0.25) is 20.2 Å². The highest BCUT2D eigenvalue weighted by molar-refractivity contribution is 7.80. The molecule has 1 heterocycles. The molecular weight excluding hydrogens is 308 g/mol. The molecule has 0 bridgehead atoms. The number of benzene rings is 1. The zero-order valence-electron chi connectivity index (χ0n) is 11.5. The molecule has 8 heteroatoms. The number of carbonyl (C=O) groups is 3. The first kappa shape index (κ1) is 15.6. The Kier molecular flexibility index (Phi) is 4.52. The molecule has 7 nitrogen and oxygen atoms in total. The van der Waals surface area contributed by atoms with Gasteiger partial charge in [0.25, 0.3) is 11.8 Å². The Morgan fingerprint density at radius 2 is 1.77 bits per heavy atom. The van der Waals surface area contributed by atoms with Gasteiger partial charge in [0.15, 0.2) is 11.2 Å². The maximum absolute atomic E-state index is 11.7. The minimum atomic E-state index is -1.07. The third-order valence-electron chi connectivity index (χ3n) is 2.80. The van der Waals surface area contributed by atoms with Gasteiger partial charge in [0.2, 0.25) is 0 Å². The Morgan fingerprint density at radius 3 is 2.27 bits per heavy atom. The summed E-state index contributed by atoms with van der Waals surface area (Å²) in [6.07, 6.45) is 0.428. The fourth-order valence-corrected chi connectivity index (χ4v) is 1.86. The van der Waals surface area contributed by atoms with Crippen molar-refractivity contribution in [2.24, 2.45) is 0 Å². The average Bonchev–Trinajstić information content (AvgIpc) is 2.44. The normalized spacial score (nSPS) is 15.7. The molecule has 22 heavy (non-hydrogen) atoms. The molecular formula is C14H12N2O5S. The molecule has 1 unspecified atom stereocenters. The summed E-state index contributed by atoms with van der Waals surface area (Å²) >= 11 is 4.70. The third kappa shape index (κ3) is 3.67. The summed E-state index contributed by atoms with van der Waals surface area (Å²) in [6, 6.07) is 6.30. The van der Waals surface area contributed by atoms with E-state index in [0.717, 1.165) is 0 Å². The number of aliphatic carboxylic acids is 1. The molecule has 3 N–H and O–H groups in total. The summed E-state index contributed by atoms with van der Waals surface area (Å²) < 4.78 is 5.18. The van der Waals surface area contributed by atoms with Crippen LogP contribution in [-0.2, 0) is 14.4 Å². The lowest BCUT2D eigenvalue weighted by molar-refractivity contribution is -0.144. The molecule has 0 aromatic heterocycles. The Morgan fingerprint density at radius 1 is 1.23 bits per heavy atom. The Balaban J connectivity index is 2.15. The summed E-state index contributed by atoms with van der Waals surface area (Å²) in [6.45, 7) is 1.41. The number of hydrogen-bond donors (Lipinski definition) is 3. The Bertz CT molecular complexity index is 659. The van der Waals surface area contributed by atoms with Gasteiger partial charge in [-0.05, 0) is 42.9 Å². The average molecular weight is 320 g/mol. The summed E-state index contributed by atoms with van der Waals surface area (Å²) in [5.41, 5.74) is 0.518. The molecule has 1 aromatic rings. The van der Waals surface area contributed by atoms with Crippen molar-refractivity contribution in [3.8, 4) is 5.75 Å². The van der Waals surface area contributed by atoms with Gasteiger partial charge >= 0.3 is 5.97 Å². The second kappa shape index (κ2) is 6.35. The van der Waals surface area contributed by atoms with Crippen LogP contribution in [0.25, 0.3) is 6.08 Å². The van der Waals surface area contributed by atoms with E-state index in [2.05, 4.69) is 10.6 Å². The van der Waals surface area contributed by atoms with Crippen LogP contribution in [0.4, 0.5) is 0 Å². The van der Waals surface area contributed by atoms with Gasteiger partial charge in [-0.15, -0.1) is 0 Å². The lowest BCUT2D eigenvalue weighted by Gasteiger charge is -2.16. The zero-order valence-corrected chi connectivity index (χ0v) is 12.3. The lowest BCUT2D eigenvalue weighted by atomic mass is 10.1. The van der Waals surface area contributed by atoms with Crippen LogP contribution in [0.5, 0.6) is 5.75 Å². The molecule has 0 saturated carbocycles. The van der Waals surface area contributed by atoms with Gasteiger partial charge in [-0.1, -0.05) is 12.1 Å². The highest BCUT2D eigenvalue weighted by atomic mass is 32.1. The third-order valence-corrected chi connectivity index (χ3v) is 3.00. The van der Waals surface area contributed by atoms with Crippen molar-refractivity contribution >= 4 is 41.2 Å². The zero-order chi connectivity index (χ0) is 16.3. The van der Waals surface area contributed by atoms with Crippen molar-refractivity contribution in [3.63, 3.8) is 0 Å². The minimum Gasteiger partial charge on any atom is -0.479 e. The van der Waals surface area contributed by atoms with E-state index in [9.17, 15) is 14.4 Å². The number of carboxylic acids is 1. The first-order chi connectivity index (χ1) is 10.4. The second-order valence-corrected chi connectivity index (χ2v) is 4.87. The first-order valence-corrected chi connectivity index (χ1v) is 6.65. The second-order valence-electron chi connectivity index (χ2n) is 4.46. The monoisotopic (exact) mass is 320 g/mol. The Hall–Kier alpha value is -2.74. The number of carbonyl (C=O) groups excluding carboxylic acids is 2. The summed E-state index contributed by atoms with van der Waals surface area (Å²) in [4.78, 5) is 34.1. The van der Waals surface area contributed by atoms with Gasteiger partial charge in [0, 0.05) is 0 Å². The molecule has 114 valence electrons. The van der Waals surface area contributed by atoms with E-state index in [1.54, 1.807) is 24.3 Å². The minimum absolute atomic E-state index is 0.0291. The van der Waals surface area contributed by atoms with Crippen molar-refractivity contribution in [3.05, 3.63) is 35.4 Å². The standard InChI is InChI=1S/C14H12N2O5S/c1-7(13(19)20)21-9-4-2-8(3-5-9)6-10-11(17)15-14(22)16-12(10)18/h2-7H,1H3,(H,19,20)(H2,15,16,17,18,22). The van der Waals surface area contributed by atoms with Gasteiger partial charge in [-0.2, -0.15) is 0 Å². The molecule has 1 atom stereocenters. The topological polar surface area (TPSA) is 105 Å². The molecule has 0 radical (unpaired) electrons. The number of thiocarbonyl (C=S) groups is 1. The molecule has 2 amide bonds. The predicted molar refractivity (Wildman–Crippen MR) is 81.0 cm³/mol. The van der Waals surface area contributed by atoms with E-state index in [0.29, 0.717) is 11.3 Å². The summed E-state index contributed by atoms with van der Waals surface area (Å²) in [5.74, 6) is -1.85. The van der Waals surface area contributed by atoms with Crippen LogP contribution < -0.4 is 15.4 Å². The number of rotatable bonds is 4. The summed E-state index contributed by atoms with van der Waals surface area (Å²) in [7, 11) is 0. The largest absolute Gasteiger partial charge is 0.479 e. The van der Waals surface area contributed by atoms with Gasteiger partial charge in [0.05, 0.1) is 0 Å². The lowest BCUT2D eigenvalue weighted by Crippen LogP contribution is -2.51. The number of carboxylic acid groups (broad SMARTS) is 1. The summed E-state index contributed by atoms with van der Waals surface area (Å²) in [5, 5.41) is 13.4. The van der Waals surface area contributed by atoms with E-state index < -0.39 is 23.9 Å². The van der Waals surface area contributed by atoms with Crippen LogP contribution in [0.1, 0.15) is 12.5 Å². The van der Waals surface area contributed by atoms with Gasteiger partial charge in [-0.25, -0.2) is 4.79 Å². The van der Waals surface area contributed by atoms with Crippen molar-refractivity contribution in [2.45, 2.75) is 13.0 Å². The number of hydrogen-bond acceptors (Lipinski definition) is 5. The molecule has 1 aromatic carbocycles. The van der Waals surface area contributed by atoms with E-state index >= 15 is 0 Å². The Labute approximate surface area is 131 Å². The van der Waals surface area contributed by atoms with Gasteiger partial charge in [0.1, 0.15) is 11.3 Å². The van der Waals surface area contributed by atoms with E-state index in [4.69, 9.17) is 22.1 Å². The van der Waals surface area contributed by atoms with Crippen LogP contribution in [-0.4, -0.2) is 34.1 Å². The van der Waals surface area contributed by atoms with Crippen LogP contribution in [0.3, 0.4) is 0 Å². The molecule has 1 aliphatic heterocycles. The molecule has 2 rings (SSSR count). The van der Waals surface area contributed by atoms with E-state index in [-0.39, 0.29) is 10.7 Å². The molecule has 0 aliphatic carbocycles. The van der Waals surface area contributed by atoms with Crippen LogP contribution in [0.15, 0.2) is 29.8 Å². The van der Waals surface area contributed by atoms with Crippen LogP contribution >= 0.6 is 12.2 Å². The molecule has 1 aliphatic rings. The number of nitrogens with one attached hydrogen (secondary N) is 2. The maximum Gasteiger partial charge on any atom is 0.344 e. The highest BCUT2D eigenvalue weighted by Crippen LogP contribution is 2.16. The molecule has 0 spiro atoms. The van der Waals surface area contributed by atoms with Crippen molar-refractivity contribution in [1.29, 1.82) is 0 Å². The number of ether oxygens (including phenoxy) is 1. The highest BCUT2D eigenvalue weighted by Gasteiger charge is 2.25. The number of amides is 2. The predicted octanol–water partition coefficient (Wildman–Crippen LogP) is 0.453. The van der Waals surface area contributed by atoms with Crippen molar-refractivity contribution < 1.29 is 24.2 Å². The first-order valence-electron chi connectivity index (χ1n) is 6.24. The quantitative estimate of drug-likeness (QED) is 0.423. The molecule has 1 fully saturated rings. The van der Waals surface area contributed by atoms with Gasteiger partial charge < -0.3 is 9.84 Å².